The molecular formula is C23H33N5O4. The zero-order valence-corrected chi connectivity index (χ0v) is 19.3. The van der Waals surface area contributed by atoms with Crippen molar-refractivity contribution >= 4 is 5.96 Å². The van der Waals surface area contributed by atoms with Crippen LogP contribution in [0.5, 0.6) is 17.4 Å². The summed E-state index contributed by atoms with van der Waals surface area (Å²) in [5.41, 5.74) is 2.10. The lowest BCUT2D eigenvalue weighted by molar-refractivity contribution is 0.0169. The lowest BCUT2D eigenvalue weighted by Crippen LogP contribution is -2.46. The molecule has 2 heterocycles. The minimum absolute atomic E-state index is 0.116. The van der Waals surface area contributed by atoms with Crippen LogP contribution in [0.4, 0.5) is 0 Å². The maximum atomic E-state index is 5.56. The van der Waals surface area contributed by atoms with Crippen LogP contribution in [0.3, 0.4) is 0 Å². The molecule has 0 aliphatic carbocycles. The Morgan fingerprint density at radius 1 is 1.09 bits per heavy atom. The Morgan fingerprint density at radius 2 is 1.88 bits per heavy atom. The van der Waals surface area contributed by atoms with Crippen molar-refractivity contribution in [2.45, 2.75) is 12.6 Å². The van der Waals surface area contributed by atoms with Gasteiger partial charge in [-0.3, -0.25) is 9.89 Å². The number of morpholine rings is 1. The van der Waals surface area contributed by atoms with Gasteiger partial charge >= 0.3 is 0 Å². The molecule has 0 bridgehead atoms. The first kappa shape index (κ1) is 23.6. The third-order valence-corrected chi connectivity index (χ3v) is 5.45. The van der Waals surface area contributed by atoms with Crippen LogP contribution in [-0.2, 0) is 11.3 Å². The molecule has 9 heteroatoms. The maximum Gasteiger partial charge on any atom is 0.218 e. The van der Waals surface area contributed by atoms with Gasteiger partial charge < -0.3 is 29.6 Å². The van der Waals surface area contributed by atoms with E-state index in [4.69, 9.17) is 18.9 Å². The van der Waals surface area contributed by atoms with Crippen molar-refractivity contribution in [1.82, 2.24) is 20.5 Å². The minimum atomic E-state index is 0.116. The molecule has 1 aliphatic heterocycles. The number of nitrogens with one attached hydrogen (secondary N) is 2. The van der Waals surface area contributed by atoms with Gasteiger partial charge in [0, 0.05) is 45.0 Å². The monoisotopic (exact) mass is 443 g/mol. The number of nitrogens with zero attached hydrogens (tertiary/aromatic N) is 3. The highest BCUT2D eigenvalue weighted by Gasteiger charge is 2.24. The Labute approximate surface area is 189 Å². The number of hydrogen-bond donors (Lipinski definition) is 2. The number of pyridine rings is 1. The second kappa shape index (κ2) is 12.1. The Bertz CT molecular complexity index is 886. The predicted molar refractivity (Wildman–Crippen MR) is 124 cm³/mol. The van der Waals surface area contributed by atoms with Crippen LogP contribution < -0.4 is 24.8 Å². The predicted octanol–water partition coefficient (Wildman–Crippen LogP) is 1.85. The summed E-state index contributed by atoms with van der Waals surface area (Å²) in [5, 5.41) is 6.80. The van der Waals surface area contributed by atoms with Gasteiger partial charge in [-0.25, -0.2) is 4.98 Å². The molecule has 9 nitrogen and oxygen atoms in total. The van der Waals surface area contributed by atoms with E-state index in [0.717, 1.165) is 43.2 Å². The van der Waals surface area contributed by atoms with Crippen LogP contribution in [0.25, 0.3) is 0 Å². The fourth-order valence-corrected chi connectivity index (χ4v) is 3.74. The third-order valence-electron chi connectivity index (χ3n) is 5.45. The number of aliphatic imine (C=N–C) groups is 1. The highest BCUT2D eigenvalue weighted by Crippen LogP contribution is 2.32. The summed E-state index contributed by atoms with van der Waals surface area (Å²) in [6.45, 7) is 4.38. The van der Waals surface area contributed by atoms with E-state index in [1.165, 1.54) is 0 Å². The van der Waals surface area contributed by atoms with Gasteiger partial charge in [0.25, 0.3) is 0 Å². The van der Waals surface area contributed by atoms with Gasteiger partial charge in [0.15, 0.2) is 17.5 Å². The SMILES string of the molecule is CN=C(NCc1cccnc1OC)NCC(c1ccc(OC)c(OC)c1)N1CCOCC1. The first-order chi connectivity index (χ1) is 15.7. The smallest absolute Gasteiger partial charge is 0.218 e. The van der Waals surface area contributed by atoms with Crippen molar-refractivity contribution in [2.24, 2.45) is 4.99 Å². The van der Waals surface area contributed by atoms with E-state index >= 15 is 0 Å². The quantitative estimate of drug-likeness (QED) is 0.448. The Morgan fingerprint density at radius 3 is 2.56 bits per heavy atom. The second-order valence-electron chi connectivity index (χ2n) is 7.26. The van der Waals surface area contributed by atoms with E-state index in [1.807, 2.05) is 24.3 Å². The Hall–Kier alpha value is -3.04. The molecule has 1 aromatic heterocycles. The zero-order valence-electron chi connectivity index (χ0n) is 19.3. The summed E-state index contributed by atoms with van der Waals surface area (Å²) in [6.07, 6.45) is 1.71. The molecule has 0 radical (unpaired) electrons. The summed E-state index contributed by atoms with van der Waals surface area (Å²) in [7, 11) is 6.68. The average Bonchev–Trinajstić information content (AvgIpc) is 2.86. The molecule has 1 unspecified atom stereocenters. The van der Waals surface area contributed by atoms with Gasteiger partial charge in [-0.2, -0.15) is 0 Å². The molecule has 0 saturated carbocycles. The lowest BCUT2D eigenvalue weighted by atomic mass is 10.0. The number of hydrogen-bond acceptors (Lipinski definition) is 7. The molecular weight excluding hydrogens is 410 g/mol. The first-order valence-electron chi connectivity index (χ1n) is 10.7. The van der Waals surface area contributed by atoms with E-state index in [1.54, 1.807) is 34.6 Å². The molecule has 32 heavy (non-hydrogen) atoms. The number of benzene rings is 1. The molecule has 0 amide bonds. The topological polar surface area (TPSA) is 89.5 Å². The van der Waals surface area contributed by atoms with Gasteiger partial charge in [-0.05, 0) is 23.8 Å². The van der Waals surface area contributed by atoms with Gasteiger partial charge in [-0.15, -0.1) is 0 Å². The highest BCUT2D eigenvalue weighted by molar-refractivity contribution is 5.79. The number of guanidine groups is 1. The van der Waals surface area contributed by atoms with Gasteiger partial charge in [-0.1, -0.05) is 12.1 Å². The van der Waals surface area contributed by atoms with E-state index in [2.05, 4.69) is 31.6 Å². The van der Waals surface area contributed by atoms with Crippen LogP contribution in [-0.4, -0.2) is 77.1 Å². The number of rotatable bonds is 9. The van der Waals surface area contributed by atoms with Crippen molar-refractivity contribution in [1.29, 1.82) is 0 Å². The van der Waals surface area contributed by atoms with Crippen LogP contribution in [0.2, 0.25) is 0 Å². The third kappa shape index (κ3) is 6.02. The van der Waals surface area contributed by atoms with Crippen LogP contribution >= 0.6 is 0 Å². The molecule has 174 valence electrons. The number of ether oxygens (including phenoxy) is 4. The van der Waals surface area contributed by atoms with Crippen molar-refractivity contribution in [3.05, 3.63) is 47.7 Å². The van der Waals surface area contributed by atoms with E-state index in [-0.39, 0.29) is 6.04 Å². The molecule has 1 aromatic carbocycles. The minimum Gasteiger partial charge on any atom is -0.493 e. The molecule has 2 aromatic rings. The fourth-order valence-electron chi connectivity index (χ4n) is 3.74. The van der Waals surface area contributed by atoms with E-state index in [0.29, 0.717) is 30.7 Å². The normalized spacial score (nSPS) is 15.7. The van der Waals surface area contributed by atoms with E-state index < -0.39 is 0 Å². The summed E-state index contributed by atoms with van der Waals surface area (Å²) < 4.78 is 21.8. The molecule has 3 rings (SSSR count). The van der Waals surface area contributed by atoms with Crippen LogP contribution in [0, 0.1) is 0 Å². The fraction of sp³-hybridized carbons (Fsp3) is 0.478. The number of aromatic nitrogens is 1. The molecule has 1 saturated heterocycles. The number of methoxy groups -OCH3 is 3. The van der Waals surface area contributed by atoms with E-state index in [9.17, 15) is 0 Å². The van der Waals surface area contributed by atoms with Crippen molar-refractivity contribution < 1.29 is 18.9 Å². The van der Waals surface area contributed by atoms with Crippen molar-refractivity contribution in [3.63, 3.8) is 0 Å². The standard InChI is InChI=1S/C23H33N5O4/c1-24-23(26-15-18-6-5-9-25-22(18)31-4)27-16-19(28-10-12-32-13-11-28)17-7-8-20(29-2)21(14-17)30-3/h5-9,14,19H,10-13,15-16H2,1-4H3,(H2,24,26,27). The van der Waals surface area contributed by atoms with Gasteiger partial charge in [0.1, 0.15) is 0 Å². The molecule has 1 fully saturated rings. The van der Waals surface area contributed by atoms with Gasteiger partial charge in [0.2, 0.25) is 5.88 Å². The Kier molecular flexibility index (Phi) is 8.94. The van der Waals surface area contributed by atoms with Crippen LogP contribution in [0.1, 0.15) is 17.2 Å². The van der Waals surface area contributed by atoms with Crippen molar-refractivity contribution in [3.8, 4) is 17.4 Å². The Balaban J connectivity index is 1.71. The van der Waals surface area contributed by atoms with Crippen molar-refractivity contribution in [2.75, 3.05) is 61.2 Å². The summed E-state index contributed by atoms with van der Waals surface area (Å²) in [4.78, 5) is 11.0. The van der Waals surface area contributed by atoms with Crippen LogP contribution in [0.15, 0.2) is 41.5 Å². The average molecular weight is 444 g/mol. The first-order valence-corrected chi connectivity index (χ1v) is 10.7. The second-order valence-corrected chi connectivity index (χ2v) is 7.26. The zero-order chi connectivity index (χ0) is 22.8. The lowest BCUT2D eigenvalue weighted by Gasteiger charge is -2.35. The molecule has 2 N–H and O–H groups in total. The maximum absolute atomic E-state index is 5.56. The summed E-state index contributed by atoms with van der Waals surface area (Å²) >= 11 is 0. The van der Waals surface area contributed by atoms with Gasteiger partial charge in [0.05, 0.1) is 40.6 Å². The largest absolute Gasteiger partial charge is 0.493 e. The highest BCUT2D eigenvalue weighted by atomic mass is 16.5. The summed E-state index contributed by atoms with van der Waals surface area (Å²) in [6, 6.07) is 10.1. The molecule has 1 aliphatic rings. The molecule has 1 atom stereocenters. The summed E-state index contributed by atoms with van der Waals surface area (Å²) in [5.74, 6) is 2.74. The molecule has 0 spiro atoms.